The highest BCUT2D eigenvalue weighted by Crippen LogP contribution is 2.17. The van der Waals surface area contributed by atoms with Crippen molar-refractivity contribution in [1.82, 2.24) is 4.90 Å². The number of ether oxygens (including phenoxy) is 2. The first-order valence-corrected chi connectivity index (χ1v) is 6.83. The maximum absolute atomic E-state index is 11.9. The van der Waals surface area contributed by atoms with Crippen LogP contribution in [0.3, 0.4) is 0 Å². The summed E-state index contributed by atoms with van der Waals surface area (Å²) in [4.78, 5) is 24.4. The fourth-order valence-electron chi connectivity index (χ4n) is 2.49. The van der Waals surface area contributed by atoms with Gasteiger partial charge in [0.05, 0.1) is 19.1 Å². The lowest BCUT2D eigenvalue weighted by atomic mass is 9.97. The first-order valence-electron chi connectivity index (χ1n) is 6.83. The third-order valence-electron chi connectivity index (χ3n) is 3.80. The van der Waals surface area contributed by atoms with Gasteiger partial charge in [-0.2, -0.15) is 0 Å². The van der Waals surface area contributed by atoms with Crippen molar-refractivity contribution in [3.8, 4) is 0 Å². The number of carbonyl (C=O) groups excluding carboxylic acids is 1. The maximum Gasteiger partial charge on any atom is 0.306 e. The van der Waals surface area contributed by atoms with Gasteiger partial charge >= 0.3 is 5.97 Å². The largest absolute Gasteiger partial charge is 0.481 e. The molecule has 0 bridgehead atoms. The predicted octanol–water partition coefficient (Wildman–Crippen LogP) is 0.363. The fraction of sp³-hybridized carbons (Fsp3) is 0.846. The van der Waals surface area contributed by atoms with Crippen molar-refractivity contribution >= 4 is 11.9 Å². The minimum Gasteiger partial charge on any atom is -0.481 e. The Labute approximate surface area is 112 Å². The van der Waals surface area contributed by atoms with Gasteiger partial charge in [0.25, 0.3) is 0 Å². The van der Waals surface area contributed by atoms with Gasteiger partial charge in [-0.3, -0.25) is 9.59 Å². The van der Waals surface area contributed by atoms with E-state index in [9.17, 15) is 9.59 Å². The van der Waals surface area contributed by atoms with Gasteiger partial charge < -0.3 is 19.5 Å². The summed E-state index contributed by atoms with van der Waals surface area (Å²) in [5.41, 5.74) is 0. The van der Waals surface area contributed by atoms with Crippen LogP contribution in [-0.2, 0) is 19.1 Å². The van der Waals surface area contributed by atoms with Crippen molar-refractivity contribution in [1.29, 1.82) is 0 Å². The quantitative estimate of drug-likeness (QED) is 0.781. The molecule has 2 rings (SSSR count). The lowest BCUT2D eigenvalue weighted by Gasteiger charge is -2.30. The Morgan fingerprint density at radius 3 is 2.58 bits per heavy atom. The summed E-state index contributed by atoms with van der Waals surface area (Å²) in [5, 5.41) is 8.89. The summed E-state index contributed by atoms with van der Waals surface area (Å²) in [5.74, 6) is -0.696. The summed E-state index contributed by atoms with van der Waals surface area (Å²) in [6.07, 6.45) is 2.08. The van der Waals surface area contributed by atoms with Crippen LogP contribution >= 0.6 is 0 Å². The Bertz CT molecular complexity index is 319. The van der Waals surface area contributed by atoms with Crippen LogP contribution in [-0.4, -0.2) is 61.4 Å². The first kappa shape index (κ1) is 14.3. The molecule has 2 saturated heterocycles. The highest BCUT2D eigenvalue weighted by Gasteiger charge is 2.27. The molecule has 6 heteroatoms. The topological polar surface area (TPSA) is 76.1 Å². The SMILES string of the molecule is O=C(O)C1CCN(C(=O)COCC2CCOC2)CC1. The summed E-state index contributed by atoms with van der Waals surface area (Å²) in [7, 11) is 0. The number of carbonyl (C=O) groups is 2. The van der Waals surface area contributed by atoms with E-state index in [1.165, 1.54) is 0 Å². The van der Waals surface area contributed by atoms with Gasteiger partial charge in [0, 0.05) is 25.6 Å². The summed E-state index contributed by atoms with van der Waals surface area (Å²) >= 11 is 0. The van der Waals surface area contributed by atoms with E-state index < -0.39 is 5.97 Å². The average molecular weight is 271 g/mol. The van der Waals surface area contributed by atoms with Crippen molar-refractivity contribution < 1.29 is 24.2 Å². The van der Waals surface area contributed by atoms with Gasteiger partial charge in [-0.05, 0) is 19.3 Å². The van der Waals surface area contributed by atoms with Crippen molar-refractivity contribution in [2.45, 2.75) is 19.3 Å². The lowest BCUT2D eigenvalue weighted by Crippen LogP contribution is -2.42. The number of carboxylic acids is 1. The molecular formula is C13H21NO5. The summed E-state index contributed by atoms with van der Waals surface area (Å²) < 4.78 is 10.7. The van der Waals surface area contributed by atoms with E-state index in [2.05, 4.69) is 0 Å². The zero-order chi connectivity index (χ0) is 13.7. The van der Waals surface area contributed by atoms with Gasteiger partial charge in [-0.1, -0.05) is 0 Å². The molecule has 1 atom stereocenters. The van der Waals surface area contributed by atoms with Crippen LogP contribution in [0.2, 0.25) is 0 Å². The van der Waals surface area contributed by atoms with Gasteiger partial charge in [0.1, 0.15) is 6.61 Å². The van der Waals surface area contributed by atoms with Crippen LogP contribution in [0.4, 0.5) is 0 Å². The third-order valence-corrected chi connectivity index (χ3v) is 3.80. The minimum absolute atomic E-state index is 0.0391. The standard InChI is InChI=1S/C13H21NO5/c15-12(9-19-8-10-3-6-18-7-10)14-4-1-11(2-5-14)13(16)17/h10-11H,1-9H2,(H,16,17). The zero-order valence-electron chi connectivity index (χ0n) is 11.0. The Hall–Kier alpha value is -1.14. The van der Waals surface area contributed by atoms with Crippen LogP contribution < -0.4 is 0 Å². The Balaban J connectivity index is 1.62. The Morgan fingerprint density at radius 1 is 1.26 bits per heavy atom. The van der Waals surface area contributed by atoms with Crippen molar-refractivity contribution in [3.63, 3.8) is 0 Å². The molecule has 0 aromatic rings. The molecule has 2 aliphatic heterocycles. The number of piperidine rings is 1. The van der Waals surface area contributed by atoms with E-state index in [4.69, 9.17) is 14.6 Å². The van der Waals surface area contributed by atoms with Gasteiger partial charge in [0.2, 0.25) is 5.91 Å². The van der Waals surface area contributed by atoms with E-state index >= 15 is 0 Å². The fourth-order valence-corrected chi connectivity index (χ4v) is 2.49. The van der Waals surface area contributed by atoms with Crippen LogP contribution in [0.25, 0.3) is 0 Å². The molecule has 0 aromatic heterocycles. The Kier molecular flexibility index (Phi) is 5.15. The lowest BCUT2D eigenvalue weighted by molar-refractivity contribution is -0.147. The molecule has 2 heterocycles. The molecule has 1 amide bonds. The number of aliphatic carboxylic acids is 1. The number of rotatable bonds is 5. The van der Waals surface area contributed by atoms with Crippen molar-refractivity contribution in [2.24, 2.45) is 11.8 Å². The highest BCUT2D eigenvalue weighted by atomic mass is 16.5. The van der Waals surface area contributed by atoms with E-state index in [1.54, 1.807) is 4.90 Å². The monoisotopic (exact) mass is 271 g/mol. The van der Waals surface area contributed by atoms with E-state index in [-0.39, 0.29) is 18.4 Å². The van der Waals surface area contributed by atoms with Crippen LogP contribution in [0.5, 0.6) is 0 Å². The second-order valence-electron chi connectivity index (χ2n) is 5.24. The first-order chi connectivity index (χ1) is 9.16. The molecule has 0 aromatic carbocycles. The second-order valence-corrected chi connectivity index (χ2v) is 5.24. The van der Waals surface area contributed by atoms with E-state index in [0.29, 0.717) is 38.5 Å². The van der Waals surface area contributed by atoms with E-state index in [1.807, 2.05) is 0 Å². The minimum atomic E-state index is -0.760. The number of carboxylic acid groups (broad SMARTS) is 1. The summed E-state index contributed by atoms with van der Waals surface area (Å²) in [6.45, 7) is 3.20. The molecule has 108 valence electrons. The normalized spacial score (nSPS) is 24.6. The predicted molar refractivity (Wildman–Crippen MR) is 66.7 cm³/mol. The van der Waals surface area contributed by atoms with Crippen LogP contribution in [0.15, 0.2) is 0 Å². The third kappa shape index (κ3) is 4.18. The molecule has 0 saturated carbocycles. The molecule has 6 nitrogen and oxygen atoms in total. The molecule has 2 aliphatic rings. The number of amides is 1. The van der Waals surface area contributed by atoms with Crippen molar-refractivity contribution in [3.05, 3.63) is 0 Å². The molecule has 2 fully saturated rings. The van der Waals surface area contributed by atoms with Crippen molar-refractivity contribution in [2.75, 3.05) is 39.5 Å². The maximum atomic E-state index is 11.9. The van der Waals surface area contributed by atoms with Gasteiger partial charge in [0.15, 0.2) is 0 Å². The molecule has 19 heavy (non-hydrogen) atoms. The van der Waals surface area contributed by atoms with E-state index in [0.717, 1.165) is 19.6 Å². The van der Waals surface area contributed by atoms with Gasteiger partial charge in [-0.15, -0.1) is 0 Å². The average Bonchev–Trinajstić information content (AvgIpc) is 2.92. The van der Waals surface area contributed by atoms with Crippen LogP contribution in [0, 0.1) is 11.8 Å². The molecule has 0 radical (unpaired) electrons. The van der Waals surface area contributed by atoms with Gasteiger partial charge in [-0.25, -0.2) is 0 Å². The number of likely N-dealkylation sites (tertiary alicyclic amines) is 1. The summed E-state index contributed by atoms with van der Waals surface area (Å²) in [6, 6.07) is 0. The molecule has 1 N–H and O–H groups in total. The molecular weight excluding hydrogens is 250 g/mol. The number of hydrogen-bond acceptors (Lipinski definition) is 4. The zero-order valence-corrected chi connectivity index (χ0v) is 11.0. The number of nitrogens with zero attached hydrogens (tertiary/aromatic N) is 1. The molecule has 0 aliphatic carbocycles. The molecule has 0 spiro atoms. The number of hydrogen-bond donors (Lipinski definition) is 1. The Morgan fingerprint density at radius 2 is 2.00 bits per heavy atom. The molecule has 1 unspecified atom stereocenters. The second kappa shape index (κ2) is 6.86. The smallest absolute Gasteiger partial charge is 0.306 e. The highest BCUT2D eigenvalue weighted by molar-refractivity contribution is 5.78. The van der Waals surface area contributed by atoms with Crippen LogP contribution in [0.1, 0.15) is 19.3 Å².